The summed E-state index contributed by atoms with van der Waals surface area (Å²) in [6.07, 6.45) is 2.92. The van der Waals surface area contributed by atoms with E-state index in [1.54, 1.807) is 22.9 Å². The summed E-state index contributed by atoms with van der Waals surface area (Å²) < 4.78 is 28.2. The third-order valence-electron chi connectivity index (χ3n) is 3.46. The van der Waals surface area contributed by atoms with Crippen LogP contribution in [0.25, 0.3) is 0 Å². The molecule has 0 spiro atoms. The summed E-state index contributed by atoms with van der Waals surface area (Å²) in [6, 6.07) is 15.4. The number of nitrogens with zero attached hydrogens (tertiary/aromatic N) is 2. The van der Waals surface area contributed by atoms with Crippen LogP contribution in [0.15, 0.2) is 72.0 Å². The van der Waals surface area contributed by atoms with E-state index in [2.05, 4.69) is 4.98 Å². The highest BCUT2D eigenvalue weighted by atomic mass is 35.5. The molecule has 0 aliphatic rings. The zero-order valence-electron chi connectivity index (χ0n) is 13.0. The van der Waals surface area contributed by atoms with Crippen LogP contribution >= 0.6 is 11.6 Å². The van der Waals surface area contributed by atoms with Crippen molar-refractivity contribution in [3.05, 3.63) is 83.3 Å². The molecular weight excluding hydrogens is 362 g/mol. The van der Waals surface area contributed by atoms with E-state index in [-0.39, 0.29) is 10.7 Å². The molecule has 0 atom stereocenters. The lowest BCUT2D eigenvalue weighted by Crippen LogP contribution is -2.32. The molecule has 0 radical (unpaired) electrons. The van der Waals surface area contributed by atoms with E-state index in [9.17, 15) is 13.2 Å². The number of carbonyl (C=O) groups excluding carboxylic acids is 1. The highest BCUT2D eigenvalue weighted by Crippen LogP contribution is 2.12. The molecule has 0 unspecified atom stereocenters. The van der Waals surface area contributed by atoms with E-state index in [0.717, 1.165) is 5.56 Å². The first-order valence-electron chi connectivity index (χ1n) is 7.33. The van der Waals surface area contributed by atoms with Gasteiger partial charge in [-0.3, -0.25) is 4.79 Å². The Morgan fingerprint density at radius 3 is 2.52 bits per heavy atom. The van der Waals surface area contributed by atoms with Crippen molar-refractivity contribution >= 4 is 27.5 Å². The van der Waals surface area contributed by atoms with Crippen molar-refractivity contribution in [3.63, 3.8) is 0 Å². The zero-order chi connectivity index (χ0) is 17.9. The number of nitrogens with one attached hydrogen (secondary N) is 1. The van der Waals surface area contributed by atoms with E-state index < -0.39 is 15.9 Å². The summed E-state index contributed by atoms with van der Waals surface area (Å²) in [6.45, 7) is 0.454. The first kappa shape index (κ1) is 17.2. The molecule has 8 heteroatoms. The third-order valence-corrected chi connectivity index (χ3v) is 4.93. The second-order valence-corrected chi connectivity index (χ2v) is 7.32. The fraction of sp³-hybridized carbons (Fsp3) is 0.0588. The first-order valence-corrected chi connectivity index (χ1v) is 9.19. The van der Waals surface area contributed by atoms with Gasteiger partial charge in [-0.25, -0.2) is 9.71 Å². The molecule has 6 nitrogen and oxygen atoms in total. The largest absolute Gasteiger partial charge is 0.339 e. The van der Waals surface area contributed by atoms with Crippen LogP contribution in [0.3, 0.4) is 0 Å². The summed E-state index contributed by atoms with van der Waals surface area (Å²) in [5, 5.41) is 0.0356. The van der Waals surface area contributed by atoms with Crippen molar-refractivity contribution in [1.82, 2.24) is 14.3 Å². The highest BCUT2D eigenvalue weighted by Gasteiger charge is 2.21. The number of aromatic nitrogens is 2. The van der Waals surface area contributed by atoms with Gasteiger partial charge in [-0.15, -0.1) is 0 Å². The molecule has 0 bridgehead atoms. The van der Waals surface area contributed by atoms with Gasteiger partial charge < -0.3 is 4.57 Å². The maximum Gasteiger partial charge on any atom is 0.281 e. The minimum absolute atomic E-state index is 0.237. The number of sulfonamides is 1. The Kier molecular flexibility index (Phi) is 4.87. The Morgan fingerprint density at radius 1 is 1.08 bits per heavy atom. The summed E-state index contributed by atoms with van der Waals surface area (Å²) in [5.74, 6) is -0.724. The Bertz CT molecular complexity index is 983. The fourth-order valence-electron chi connectivity index (χ4n) is 2.29. The van der Waals surface area contributed by atoms with E-state index >= 15 is 0 Å². The predicted molar refractivity (Wildman–Crippen MR) is 93.9 cm³/mol. The molecule has 3 rings (SSSR count). The van der Waals surface area contributed by atoms with Gasteiger partial charge in [0, 0.05) is 18.9 Å². The third kappa shape index (κ3) is 4.07. The average molecular weight is 376 g/mol. The van der Waals surface area contributed by atoms with Gasteiger partial charge in [0.25, 0.3) is 15.9 Å². The molecule has 128 valence electrons. The van der Waals surface area contributed by atoms with Crippen LogP contribution in [0, 0.1) is 0 Å². The lowest BCUT2D eigenvalue weighted by molar-refractivity contribution is 0.0973. The number of carbonyl (C=O) groups is 1. The van der Waals surface area contributed by atoms with Crippen LogP contribution in [-0.4, -0.2) is 23.9 Å². The normalized spacial score (nSPS) is 11.2. The lowest BCUT2D eigenvalue weighted by Gasteiger charge is -2.10. The van der Waals surface area contributed by atoms with E-state index in [0.29, 0.717) is 11.6 Å². The molecule has 0 aliphatic heterocycles. The van der Waals surface area contributed by atoms with Crippen LogP contribution < -0.4 is 4.72 Å². The predicted octanol–water partition coefficient (Wildman–Crippen LogP) is 2.70. The van der Waals surface area contributed by atoms with Gasteiger partial charge in [0.2, 0.25) is 0 Å². The molecule has 0 fully saturated rings. The molecule has 2 aromatic heterocycles. The Hall–Kier alpha value is -2.64. The number of benzene rings is 1. The topological polar surface area (TPSA) is 81.1 Å². The van der Waals surface area contributed by atoms with Gasteiger partial charge >= 0.3 is 0 Å². The van der Waals surface area contributed by atoms with Crippen LogP contribution in [0.4, 0.5) is 0 Å². The highest BCUT2D eigenvalue weighted by molar-refractivity contribution is 7.90. The molecule has 0 saturated carbocycles. The number of rotatable bonds is 5. The van der Waals surface area contributed by atoms with Crippen molar-refractivity contribution in [2.24, 2.45) is 0 Å². The number of hydrogen-bond donors (Lipinski definition) is 1. The number of pyridine rings is 1. The van der Waals surface area contributed by atoms with Crippen LogP contribution in [-0.2, 0) is 16.6 Å². The van der Waals surface area contributed by atoms with E-state index in [1.165, 1.54) is 18.3 Å². The molecule has 1 amide bonds. The van der Waals surface area contributed by atoms with E-state index in [1.807, 2.05) is 35.1 Å². The number of amides is 1. The van der Waals surface area contributed by atoms with Gasteiger partial charge in [-0.1, -0.05) is 41.9 Å². The maximum absolute atomic E-state index is 12.4. The molecule has 2 heterocycles. The van der Waals surface area contributed by atoms with Gasteiger partial charge in [0.1, 0.15) is 5.69 Å². The van der Waals surface area contributed by atoms with Gasteiger partial charge in [0.15, 0.2) is 5.03 Å². The van der Waals surface area contributed by atoms with Crippen LogP contribution in [0.1, 0.15) is 16.1 Å². The quantitative estimate of drug-likeness (QED) is 0.743. The fourth-order valence-corrected chi connectivity index (χ4v) is 3.29. The summed E-state index contributed by atoms with van der Waals surface area (Å²) in [5.41, 5.74) is 1.23. The van der Waals surface area contributed by atoms with Crippen molar-refractivity contribution < 1.29 is 13.2 Å². The smallest absolute Gasteiger partial charge is 0.281 e. The minimum Gasteiger partial charge on any atom is -0.339 e. The molecule has 1 N–H and O–H groups in total. The number of hydrogen-bond acceptors (Lipinski definition) is 4. The lowest BCUT2D eigenvalue weighted by atomic mass is 10.2. The minimum atomic E-state index is -4.07. The zero-order valence-corrected chi connectivity index (χ0v) is 14.5. The summed E-state index contributed by atoms with van der Waals surface area (Å²) in [4.78, 5) is 16.1. The standard InChI is InChI=1S/C17H14ClN3O3S/c18-14-8-9-16(19-11-14)25(23,24)20-17(22)15-7-4-10-21(15)12-13-5-2-1-3-6-13/h1-11H,12H2,(H,20,22). The van der Waals surface area contributed by atoms with Crippen LogP contribution in [0.2, 0.25) is 5.02 Å². The molecule has 25 heavy (non-hydrogen) atoms. The second-order valence-electron chi connectivity index (χ2n) is 5.26. The van der Waals surface area contributed by atoms with Gasteiger partial charge in [-0.05, 0) is 29.8 Å². The van der Waals surface area contributed by atoms with Gasteiger partial charge in [-0.2, -0.15) is 8.42 Å². The SMILES string of the molecule is O=C(NS(=O)(=O)c1ccc(Cl)cn1)c1cccn1Cc1ccccc1. The molecular formula is C17H14ClN3O3S. The molecule has 0 saturated heterocycles. The van der Waals surface area contributed by atoms with Crippen molar-refractivity contribution in [2.45, 2.75) is 11.6 Å². The number of halogens is 1. The Morgan fingerprint density at radius 2 is 1.84 bits per heavy atom. The van der Waals surface area contributed by atoms with Gasteiger partial charge in [0.05, 0.1) is 5.02 Å². The Balaban J connectivity index is 1.80. The molecule has 1 aromatic carbocycles. The summed E-state index contributed by atoms with van der Waals surface area (Å²) in [7, 11) is -4.07. The molecule has 0 aliphatic carbocycles. The first-order chi connectivity index (χ1) is 12.0. The van der Waals surface area contributed by atoms with Crippen molar-refractivity contribution in [1.29, 1.82) is 0 Å². The average Bonchev–Trinajstić information content (AvgIpc) is 3.04. The summed E-state index contributed by atoms with van der Waals surface area (Å²) >= 11 is 5.70. The van der Waals surface area contributed by atoms with E-state index in [4.69, 9.17) is 11.6 Å². The second kappa shape index (κ2) is 7.08. The van der Waals surface area contributed by atoms with Crippen molar-refractivity contribution in [3.8, 4) is 0 Å². The molecule has 3 aromatic rings. The monoisotopic (exact) mass is 375 g/mol. The maximum atomic E-state index is 12.4. The van der Waals surface area contributed by atoms with Crippen LogP contribution in [0.5, 0.6) is 0 Å². The van der Waals surface area contributed by atoms with Crippen molar-refractivity contribution in [2.75, 3.05) is 0 Å². The Labute approximate surface area is 150 Å².